The number of carbonyl (C=O) groups excluding carboxylic acids is 1. The molecule has 0 spiro atoms. The van der Waals surface area contributed by atoms with Crippen LogP contribution in [0, 0.1) is 0 Å². The van der Waals surface area contributed by atoms with E-state index in [4.69, 9.17) is 4.74 Å². The zero-order valence-corrected chi connectivity index (χ0v) is 14.4. The summed E-state index contributed by atoms with van der Waals surface area (Å²) in [6.07, 6.45) is -0.877. The maximum Gasteiger partial charge on any atom is 0.416 e. The summed E-state index contributed by atoms with van der Waals surface area (Å²) in [4.78, 5) is 12.0. The van der Waals surface area contributed by atoms with E-state index in [0.29, 0.717) is 25.3 Å². The summed E-state index contributed by atoms with van der Waals surface area (Å²) >= 11 is 0. The summed E-state index contributed by atoms with van der Waals surface area (Å²) in [7, 11) is 1.58. The molecule has 0 radical (unpaired) electrons. The van der Waals surface area contributed by atoms with Crippen molar-refractivity contribution in [1.82, 2.24) is 10.6 Å². The van der Waals surface area contributed by atoms with E-state index in [0.717, 1.165) is 31.7 Å². The van der Waals surface area contributed by atoms with Crippen LogP contribution in [0.3, 0.4) is 0 Å². The first-order valence-corrected chi connectivity index (χ1v) is 8.51. The number of halogens is 3. The van der Waals surface area contributed by atoms with E-state index in [2.05, 4.69) is 10.6 Å². The predicted molar refractivity (Wildman–Crippen MR) is 89.3 cm³/mol. The van der Waals surface area contributed by atoms with Crippen molar-refractivity contribution >= 4 is 5.91 Å². The summed E-state index contributed by atoms with van der Waals surface area (Å²) in [5.74, 6) is -0.158. The molecule has 1 aromatic rings. The van der Waals surface area contributed by atoms with E-state index in [1.165, 1.54) is 12.1 Å². The first-order valence-electron chi connectivity index (χ1n) is 8.51. The molecule has 1 fully saturated rings. The Morgan fingerprint density at radius 3 is 2.64 bits per heavy atom. The van der Waals surface area contributed by atoms with E-state index >= 15 is 0 Å². The number of hydrogen-bond donors (Lipinski definition) is 2. The van der Waals surface area contributed by atoms with Crippen LogP contribution in [0.2, 0.25) is 0 Å². The quantitative estimate of drug-likeness (QED) is 0.703. The zero-order chi connectivity index (χ0) is 18.3. The molecule has 7 heteroatoms. The fourth-order valence-corrected chi connectivity index (χ4v) is 3.35. The topological polar surface area (TPSA) is 50.4 Å². The van der Waals surface area contributed by atoms with Crippen molar-refractivity contribution in [1.29, 1.82) is 0 Å². The fraction of sp³-hybridized carbons (Fsp3) is 0.611. The third-order valence-electron chi connectivity index (χ3n) is 4.76. The highest BCUT2D eigenvalue weighted by molar-refractivity contribution is 5.78. The average Bonchev–Trinajstić information content (AvgIpc) is 3.06. The van der Waals surface area contributed by atoms with Gasteiger partial charge in [0.05, 0.1) is 18.7 Å². The second-order valence-electron chi connectivity index (χ2n) is 6.51. The van der Waals surface area contributed by atoms with Gasteiger partial charge in [0.1, 0.15) is 0 Å². The summed E-state index contributed by atoms with van der Waals surface area (Å²) in [6.45, 7) is 1.62. The minimum atomic E-state index is -4.36. The molecule has 0 heterocycles. The highest BCUT2D eigenvalue weighted by atomic mass is 19.4. The van der Waals surface area contributed by atoms with Gasteiger partial charge in [0.15, 0.2) is 0 Å². The summed E-state index contributed by atoms with van der Waals surface area (Å²) < 4.78 is 43.9. The summed E-state index contributed by atoms with van der Waals surface area (Å²) in [5, 5.41) is 5.83. The smallest absolute Gasteiger partial charge is 0.383 e. The number of benzene rings is 1. The van der Waals surface area contributed by atoms with E-state index < -0.39 is 17.2 Å². The van der Waals surface area contributed by atoms with Gasteiger partial charge in [0, 0.05) is 25.6 Å². The van der Waals surface area contributed by atoms with E-state index in [1.54, 1.807) is 13.2 Å². The third-order valence-corrected chi connectivity index (χ3v) is 4.76. The van der Waals surface area contributed by atoms with Crippen LogP contribution in [-0.4, -0.2) is 39.3 Å². The van der Waals surface area contributed by atoms with E-state index in [9.17, 15) is 18.0 Å². The highest BCUT2D eigenvalue weighted by Crippen LogP contribution is 2.42. The van der Waals surface area contributed by atoms with Crippen LogP contribution in [0.5, 0.6) is 0 Å². The normalized spacial score (nSPS) is 16.8. The molecule has 1 aromatic carbocycles. The highest BCUT2D eigenvalue weighted by Gasteiger charge is 2.38. The van der Waals surface area contributed by atoms with E-state index in [1.807, 2.05) is 0 Å². The number of ether oxygens (including phenoxy) is 1. The molecular formula is C18H25F3N2O2. The minimum Gasteiger partial charge on any atom is -0.383 e. The Bertz CT molecular complexity index is 570. The zero-order valence-electron chi connectivity index (χ0n) is 14.4. The van der Waals surface area contributed by atoms with Crippen molar-refractivity contribution in [3.05, 3.63) is 35.4 Å². The van der Waals surface area contributed by atoms with Crippen LogP contribution in [0.1, 0.15) is 36.8 Å². The van der Waals surface area contributed by atoms with Gasteiger partial charge < -0.3 is 15.4 Å². The molecule has 140 valence electrons. The standard InChI is InChI=1S/C18H25F3N2O2/c1-25-10-9-22-12-16(24)23-13-17(7-2-3-8-17)14-5-4-6-15(11-14)18(19,20)21/h4-6,11,22H,2-3,7-10,12-13H2,1H3,(H,23,24). The van der Waals surface area contributed by atoms with Crippen molar-refractivity contribution in [2.45, 2.75) is 37.3 Å². The maximum absolute atomic E-state index is 13.0. The Morgan fingerprint density at radius 2 is 2.00 bits per heavy atom. The van der Waals surface area contributed by atoms with Gasteiger partial charge in [-0.1, -0.05) is 31.0 Å². The number of methoxy groups -OCH3 is 1. The second kappa shape index (κ2) is 8.67. The molecule has 0 saturated heterocycles. The van der Waals surface area contributed by atoms with Crippen molar-refractivity contribution in [3.8, 4) is 0 Å². The van der Waals surface area contributed by atoms with E-state index in [-0.39, 0.29) is 12.5 Å². The summed E-state index contributed by atoms with van der Waals surface area (Å²) in [6, 6.07) is 5.51. The lowest BCUT2D eigenvalue weighted by Crippen LogP contribution is -2.43. The molecule has 25 heavy (non-hydrogen) atoms. The van der Waals surface area contributed by atoms with Crippen molar-refractivity contribution in [2.75, 3.05) is 33.4 Å². The van der Waals surface area contributed by atoms with Gasteiger partial charge in [-0.25, -0.2) is 0 Å². The minimum absolute atomic E-state index is 0.158. The van der Waals surface area contributed by atoms with Gasteiger partial charge in [0.25, 0.3) is 0 Å². The maximum atomic E-state index is 13.0. The third kappa shape index (κ3) is 5.44. The number of carbonyl (C=O) groups is 1. The van der Waals surface area contributed by atoms with Crippen LogP contribution in [0.15, 0.2) is 24.3 Å². The Kier molecular flexibility index (Phi) is 6.84. The number of amides is 1. The molecule has 1 saturated carbocycles. The number of alkyl halides is 3. The lowest BCUT2D eigenvalue weighted by molar-refractivity contribution is -0.137. The molecule has 1 aliphatic carbocycles. The lowest BCUT2D eigenvalue weighted by atomic mass is 9.78. The molecule has 0 aromatic heterocycles. The molecule has 2 rings (SSSR count). The Balaban J connectivity index is 2.03. The number of rotatable bonds is 8. The second-order valence-corrected chi connectivity index (χ2v) is 6.51. The monoisotopic (exact) mass is 358 g/mol. The average molecular weight is 358 g/mol. The molecule has 0 bridgehead atoms. The van der Waals surface area contributed by atoms with Crippen LogP contribution in [0.25, 0.3) is 0 Å². The van der Waals surface area contributed by atoms with Crippen LogP contribution in [0.4, 0.5) is 13.2 Å². The first-order chi connectivity index (χ1) is 11.9. The van der Waals surface area contributed by atoms with Gasteiger partial charge in [-0.3, -0.25) is 4.79 Å². The van der Waals surface area contributed by atoms with Crippen LogP contribution >= 0.6 is 0 Å². The molecule has 4 nitrogen and oxygen atoms in total. The van der Waals surface area contributed by atoms with Crippen LogP contribution < -0.4 is 10.6 Å². The molecular weight excluding hydrogens is 333 g/mol. The van der Waals surface area contributed by atoms with Crippen molar-refractivity contribution in [3.63, 3.8) is 0 Å². The molecule has 1 amide bonds. The number of hydrogen-bond acceptors (Lipinski definition) is 3. The van der Waals surface area contributed by atoms with Gasteiger partial charge in [-0.2, -0.15) is 13.2 Å². The molecule has 0 unspecified atom stereocenters. The molecule has 0 atom stereocenters. The fourth-order valence-electron chi connectivity index (χ4n) is 3.35. The lowest BCUT2D eigenvalue weighted by Gasteiger charge is -2.30. The van der Waals surface area contributed by atoms with Gasteiger partial charge in [-0.15, -0.1) is 0 Å². The van der Waals surface area contributed by atoms with Gasteiger partial charge in [0.2, 0.25) is 5.91 Å². The van der Waals surface area contributed by atoms with Crippen molar-refractivity contribution < 1.29 is 22.7 Å². The van der Waals surface area contributed by atoms with Crippen LogP contribution in [-0.2, 0) is 21.1 Å². The first kappa shape index (κ1) is 19.7. The largest absolute Gasteiger partial charge is 0.416 e. The SMILES string of the molecule is COCCNCC(=O)NCC1(c2cccc(C(F)(F)F)c2)CCCC1. The molecule has 1 aliphatic rings. The Hall–Kier alpha value is -1.60. The van der Waals surface area contributed by atoms with Crippen molar-refractivity contribution in [2.24, 2.45) is 0 Å². The Labute approximate surface area is 146 Å². The Morgan fingerprint density at radius 1 is 1.28 bits per heavy atom. The van der Waals surface area contributed by atoms with Gasteiger partial charge >= 0.3 is 6.18 Å². The molecule has 2 N–H and O–H groups in total. The summed E-state index contributed by atoms with van der Waals surface area (Å²) in [5.41, 5.74) is -0.389. The number of nitrogens with one attached hydrogen (secondary N) is 2. The van der Waals surface area contributed by atoms with Gasteiger partial charge in [-0.05, 0) is 24.5 Å². The molecule has 0 aliphatic heterocycles. The predicted octanol–water partition coefficient (Wildman–Crippen LogP) is 2.87.